The lowest BCUT2D eigenvalue weighted by Crippen LogP contribution is -2.43. The van der Waals surface area contributed by atoms with Crippen LogP contribution in [0.1, 0.15) is 37.3 Å². The highest BCUT2D eigenvalue weighted by Gasteiger charge is 2.30. The van der Waals surface area contributed by atoms with Gasteiger partial charge in [0.1, 0.15) is 5.78 Å². The molecule has 1 fully saturated rings. The van der Waals surface area contributed by atoms with Crippen LogP contribution in [0.4, 0.5) is 13.2 Å². The van der Waals surface area contributed by atoms with Crippen LogP contribution in [0, 0.1) is 0 Å². The van der Waals surface area contributed by atoms with Crippen LogP contribution in [-0.2, 0) is 17.5 Å². The van der Waals surface area contributed by atoms with Gasteiger partial charge in [-0.3, -0.25) is 9.69 Å². The Morgan fingerprint density at radius 3 is 2.45 bits per heavy atom. The van der Waals surface area contributed by atoms with Crippen molar-refractivity contribution >= 4 is 5.78 Å². The largest absolute Gasteiger partial charge is 0.416 e. The maximum atomic E-state index is 12.5. The summed E-state index contributed by atoms with van der Waals surface area (Å²) in [4.78, 5) is 13.7. The van der Waals surface area contributed by atoms with Gasteiger partial charge in [0.05, 0.1) is 11.6 Å². The summed E-state index contributed by atoms with van der Waals surface area (Å²) in [6.07, 6.45) is -1.39. The molecule has 0 spiro atoms. The van der Waals surface area contributed by atoms with Crippen molar-refractivity contribution in [2.24, 2.45) is 0 Å². The molecule has 0 aliphatic carbocycles. The lowest BCUT2D eigenvalue weighted by molar-refractivity contribution is -0.137. The number of hydrogen-bond acceptors (Lipinski definition) is 2. The first-order chi connectivity index (χ1) is 9.38. The predicted molar refractivity (Wildman–Crippen MR) is 70.2 cm³/mol. The fourth-order valence-electron chi connectivity index (χ4n) is 2.67. The number of alkyl halides is 3. The van der Waals surface area contributed by atoms with Gasteiger partial charge < -0.3 is 0 Å². The molecule has 1 heterocycles. The first kappa shape index (κ1) is 15.0. The number of benzene rings is 1. The van der Waals surface area contributed by atoms with E-state index in [9.17, 15) is 18.0 Å². The summed E-state index contributed by atoms with van der Waals surface area (Å²) < 4.78 is 37.5. The van der Waals surface area contributed by atoms with Gasteiger partial charge in [0.15, 0.2) is 0 Å². The second-order valence-corrected chi connectivity index (χ2v) is 5.29. The summed E-state index contributed by atoms with van der Waals surface area (Å²) in [5.74, 6) is 0.136. The highest BCUT2D eigenvalue weighted by molar-refractivity contribution is 5.81. The number of hydrogen-bond donors (Lipinski definition) is 0. The lowest BCUT2D eigenvalue weighted by atomic mass is 9.98. The SMILES string of the molecule is CC(=O)C1CCCCN1Cc1ccc(C(F)(F)F)cc1. The molecule has 2 rings (SSSR count). The third-order valence-electron chi connectivity index (χ3n) is 3.75. The van der Waals surface area contributed by atoms with Crippen molar-refractivity contribution < 1.29 is 18.0 Å². The predicted octanol–water partition coefficient (Wildman–Crippen LogP) is 3.65. The maximum Gasteiger partial charge on any atom is 0.416 e. The monoisotopic (exact) mass is 285 g/mol. The topological polar surface area (TPSA) is 20.3 Å². The summed E-state index contributed by atoms with van der Waals surface area (Å²) in [6, 6.07) is 5.10. The fourth-order valence-corrected chi connectivity index (χ4v) is 2.67. The quantitative estimate of drug-likeness (QED) is 0.845. The molecule has 0 N–H and O–H groups in total. The van der Waals surface area contributed by atoms with Gasteiger partial charge in [0.25, 0.3) is 0 Å². The molecule has 1 aromatic carbocycles. The zero-order valence-corrected chi connectivity index (χ0v) is 11.4. The highest BCUT2D eigenvalue weighted by atomic mass is 19.4. The Hall–Kier alpha value is -1.36. The number of piperidine rings is 1. The van der Waals surface area contributed by atoms with Crippen molar-refractivity contribution in [3.8, 4) is 0 Å². The lowest BCUT2D eigenvalue weighted by Gasteiger charge is -2.34. The van der Waals surface area contributed by atoms with Gasteiger partial charge in [-0.1, -0.05) is 18.6 Å². The second-order valence-electron chi connectivity index (χ2n) is 5.29. The van der Waals surface area contributed by atoms with Gasteiger partial charge in [-0.2, -0.15) is 13.2 Å². The molecule has 1 aliphatic rings. The zero-order valence-electron chi connectivity index (χ0n) is 11.4. The molecule has 1 saturated heterocycles. The van der Waals surface area contributed by atoms with Crippen molar-refractivity contribution in [3.63, 3.8) is 0 Å². The molecule has 110 valence electrons. The molecular weight excluding hydrogens is 267 g/mol. The van der Waals surface area contributed by atoms with Crippen molar-refractivity contribution in [2.75, 3.05) is 6.54 Å². The van der Waals surface area contributed by atoms with Gasteiger partial charge >= 0.3 is 6.18 Å². The van der Waals surface area contributed by atoms with E-state index in [1.165, 1.54) is 12.1 Å². The summed E-state index contributed by atoms with van der Waals surface area (Å²) in [5.41, 5.74) is 0.175. The third kappa shape index (κ3) is 3.60. The minimum atomic E-state index is -4.30. The van der Waals surface area contributed by atoms with Gasteiger partial charge in [0, 0.05) is 6.54 Å². The Bertz CT molecular complexity index is 467. The standard InChI is InChI=1S/C15H18F3NO/c1-11(20)14-4-2-3-9-19(14)10-12-5-7-13(8-6-12)15(16,17)18/h5-8,14H,2-4,9-10H2,1H3. The Morgan fingerprint density at radius 2 is 1.90 bits per heavy atom. The van der Waals surface area contributed by atoms with Crippen LogP contribution >= 0.6 is 0 Å². The molecule has 2 nitrogen and oxygen atoms in total. The first-order valence-corrected chi connectivity index (χ1v) is 6.78. The second kappa shape index (κ2) is 5.95. The summed E-state index contributed by atoms with van der Waals surface area (Å²) >= 11 is 0. The van der Waals surface area contributed by atoms with Gasteiger partial charge in [-0.05, 0) is 44.0 Å². The van der Waals surface area contributed by atoms with Gasteiger partial charge in [-0.15, -0.1) is 0 Å². The van der Waals surface area contributed by atoms with Crippen molar-refractivity contribution in [3.05, 3.63) is 35.4 Å². The van der Waals surface area contributed by atoms with E-state index >= 15 is 0 Å². The van der Waals surface area contributed by atoms with Gasteiger partial charge in [0.2, 0.25) is 0 Å². The van der Waals surface area contributed by atoms with E-state index in [0.717, 1.165) is 43.5 Å². The Morgan fingerprint density at radius 1 is 1.25 bits per heavy atom. The van der Waals surface area contributed by atoms with E-state index in [1.54, 1.807) is 6.92 Å². The molecule has 0 saturated carbocycles. The first-order valence-electron chi connectivity index (χ1n) is 6.78. The molecule has 0 aromatic heterocycles. The minimum Gasteiger partial charge on any atom is -0.298 e. The maximum absolute atomic E-state index is 12.5. The van der Waals surface area contributed by atoms with Crippen LogP contribution in [0.25, 0.3) is 0 Å². The van der Waals surface area contributed by atoms with E-state index in [0.29, 0.717) is 6.54 Å². The molecule has 5 heteroatoms. The zero-order chi connectivity index (χ0) is 14.8. The van der Waals surface area contributed by atoms with E-state index in [4.69, 9.17) is 0 Å². The molecule has 1 aromatic rings. The van der Waals surface area contributed by atoms with Gasteiger partial charge in [-0.25, -0.2) is 0 Å². The molecule has 1 aliphatic heterocycles. The molecule has 20 heavy (non-hydrogen) atoms. The number of halogens is 3. The highest BCUT2D eigenvalue weighted by Crippen LogP contribution is 2.29. The Labute approximate surface area is 116 Å². The summed E-state index contributed by atoms with van der Waals surface area (Å²) in [6.45, 7) is 2.93. The van der Waals surface area contributed by atoms with Crippen molar-refractivity contribution in [1.29, 1.82) is 0 Å². The van der Waals surface area contributed by atoms with Crippen LogP contribution < -0.4 is 0 Å². The average molecular weight is 285 g/mol. The number of Topliss-reactive ketones (excluding diaryl/α,β-unsaturated/α-hetero) is 1. The average Bonchev–Trinajstić information content (AvgIpc) is 2.38. The van der Waals surface area contributed by atoms with E-state index < -0.39 is 11.7 Å². The van der Waals surface area contributed by atoms with Crippen LogP contribution in [0.2, 0.25) is 0 Å². The van der Waals surface area contributed by atoms with Crippen molar-refractivity contribution in [1.82, 2.24) is 4.90 Å². The van der Waals surface area contributed by atoms with Crippen LogP contribution in [0.15, 0.2) is 24.3 Å². The Balaban J connectivity index is 2.07. The smallest absolute Gasteiger partial charge is 0.298 e. The molecule has 0 radical (unpaired) electrons. The van der Waals surface area contributed by atoms with Crippen molar-refractivity contribution in [2.45, 2.75) is 44.9 Å². The number of likely N-dealkylation sites (tertiary alicyclic amines) is 1. The van der Waals surface area contributed by atoms with E-state index in [2.05, 4.69) is 4.90 Å². The fraction of sp³-hybridized carbons (Fsp3) is 0.533. The normalized spacial score (nSPS) is 20.9. The molecule has 1 unspecified atom stereocenters. The van der Waals surface area contributed by atoms with E-state index in [1.807, 2.05) is 0 Å². The number of carbonyl (C=O) groups is 1. The molecule has 0 bridgehead atoms. The molecule has 0 amide bonds. The number of carbonyl (C=O) groups excluding carboxylic acids is 1. The number of rotatable bonds is 3. The molecule has 1 atom stereocenters. The Kier molecular flexibility index (Phi) is 4.48. The number of ketones is 1. The van der Waals surface area contributed by atoms with E-state index in [-0.39, 0.29) is 11.8 Å². The van der Waals surface area contributed by atoms with Crippen LogP contribution in [0.3, 0.4) is 0 Å². The minimum absolute atomic E-state index is 0.0916. The number of nitrogens with zero attached hydrogens (tertiary/aromatic N) is 1. The van der Waals surface area contributed by atoms with Crippen LogP contribution in [-0.4, -0.2) is 23.3 Å². The summed E-state index contributed by atoms with van der Waals surface area (Å²) in [5, 5.41) is 0. The molecular formula is C15H18F3NO. The third-order valence-corrected chi connectivity index (χ3v) is 3.75. The van der Waals surface area contributed by atoms with Crippen LogP contribution in [0.5, 0.6) is 0 Å². The summed E-state index contributed by atoms with van der Waals surface area (Å²) in [7, 11) is 0.